The first-order chi connectivity index (χ1) is 6.81. The quantitative estimate of drug-likeness (QED) is 0.696. The van der Waals surface area contributed by atoms with Crippen molar-refractivity contribution in [2.45, 2.75) is 20.8 Å². The van der Waals surface area contributed by atoms with Gasteiger partial charge in [0.15, 0.2) is 0 Å². The molecule has 14 heavy (non-hydrogen) atoms. The first-order valence-electron chi connectivity index (χ1n) is 4.65. The molecule has 4 heteroatoms. The Bertz CT molecular complexity index is 409. The van der Waals surface area contributed by atoms with Crippen molar-refractivity contribution in [1.29, 1.82) is 0 Å². The van der Waals surface area contributed by atoms with Crippen LogP contribution in [0, 0.1) is 6.92 Å². The molecule has 4 nitrogen and oxygen atoms in total. The fourth-order valence-electron chi connectivity index (χ4n) is 1.09. The molecule has 0 aliphatic carbocycles. The van der Waals surface area contributed by atoms with Gasteiger partial charge >= 0.3 is 0 Å². The highest BCUT2D eigenvalue weighted by molar-refractivity contribution is 5.51. The van der Waals surface area contributed by atoms with Gasteiger partial charge in [-0.25, -0.2) is 9.50 Å². The summed E-state index contributed by atoms with van der Waals surface area (Å²) in [5, 5.41) is 4.12. The van der Waals surface area contributed by atoms with E-state index < -0.39 is 0 Å². The van der Waals surface area contributed by atoms with Gasteiger partial charge in [-0.3, -0.25) is 0 Å². The van der Waals surface area contributed by atoms with Crippen LogP contribution in [-0.2, 0) is 0 Å². The van der Waals surface area contributed by atoms with Crippen LogP contribution in [0.4, 0.5) is 0 Å². The third-order valence-corrected chi connectivity index (χ3v) is 1.78. The minimum Gasteiger partial charge on any atom is -0.480 e. The molecule has 0 fully saturated rings. The fraction of sp³-hybridized carbons (Fsp3) is 0.400. The summed E-state index contributed by atoms with van der Waals surface area (Å²) in [6.07, 6.45) is 5.31. The first kappa shape index (κ1) is 10.5. The Morgan fingerprint density at radius 3 is 2.64 bits per heavy atom. The van der Waals surface area contributed by atoms with Crippen LogP contribution in [0.1, 0.15) is 19.4 Å². The second kappa shape index (κ2) is 4.60. The van der Waals surface area contributed by atoms with Crippen LogP contribution in [0.5, 0.6) is 5.88 Å². The largest absolute Gasteiger partial charge is 0.480 e. The number of methoxy groups -OCH3 is 1. The van der Waals surface area contributed by atoms with E-state index in [2.05, 4.69) is 10.1 Å². The van der Waals surface area contributed by atoms with E-state index >= 15 is 0 Å². The molecule has 2 aromatic heterocycles. The van der Waals surface area contributed by atoms with Crippen LogP contribution in [0.25, 0.3) is 5.52 Å². The van der Waals surface area contributed by atoms with E-state index in [1.54, 1.807) is 30.2 Å². The van der Waals surface area contributed by atoms with Crippen molar-refractivity contribution in [3.05, 3.63) is 24.2 Å². The summed E-state index contributed by atoms with van der Waals surface area (Å²) in [6.45, 7) is 6.00. The van der Waals surface area contributed by atoms with Gasteiger partial charge in [0, 0.05) is 0 Å². The molecule has 0 saturated carbocycles. The van der Waals surface area contributed by atoms with Gasteiger partial charge < -0.3 is 4.74 Å². The van der Waals surface area contributed by atoms with Gasteiger partial charge in [0.1, 0.15) is 0 Å². The van der Waals surface area contributed by atoms with Crippen LogP contribution >= 0.6 is 0 Å². The molecule has 0 N–H and O–H groups in total. The number of fused-ring (bicyclic) bond motifs is 1. The average Bonchev–Trinajstić information content (AvgIpc) is 2.63. The second-order valence-electron chi connectivity index (χ2n) is 2.59. The summed E-state index contributed by atoms with van der Waals surface area (Å²) in [5.41, 5.74) is 2.13. The van der Waals surface area contributed by atoms with E-state index in [0.717, 1.165) is 11.1 Å². The molecule has 0 unspecified atom stereocenters. The lowest BCUT2D eigenvalue weighted by Gasteiger charge is -1.98. The van der Waals surface area contributed by atoms with E-state index in [4.69, 9.17) is 4.74 Å². The Labute approximate surface area is 83.5 Å². The Morgan fingerprint density at radius 1 is 1.29 bits per heavy atom. The van der Waals surface area contributed by atoms with Crippen molar-refractivity contribution in [3.63, 3.8) is 0 Å². The third-order valence-electron chi connectivity index (χ3n) is 1.78. The molecule has 0 spiro atoms. The number of aromatic nitrogens is 3. The lowest BCUT2D eigenvalue weighted by atomic mass is 10.3. The van der Waals surface area contributed by atoms with Gasteiger partial charge in [-0.1, -0.05) is 13.8 Å². The van der Waals surface area contributed by atoms with E-state index in [9.17, 15) is 0 Å². The fourth-order valence-corrected chi connectivity index (χ4v) is 1.09. The molecule has 0 aromatic carbocycles. The molecule has 0 atom stereocenters. The zero-order valence-electron chi connectivity index (χ0n) is 8.98. The summed E-state index contributed by atoms with van der Waals surface area (Å²) in [6, 6.07) is 0. The van der Waals surface area contributed by atoms with Crippen molar-refractivity contribution >= 4 is 5.52 Å². The lowest BCUT2D eigenvalue weighted by molar-refractivity contribution is 0.394. The Morgan fingerprint density at radius 2 is 2.00 bits per heavy atom. The molecule has 76 valence electrons. The van der Waals surface area contributed by atoms with Crippen LogP contribution in [0.3, 0.4) is 0 Å². The van der Waals surface area contributed by atoms with Gasteiger partial charge in [0.2, 0.25) is 5.88 Å². The number of rotatable bonds is 1. The Kier molecular flexibility index (Phi) is 3.45. The average molecular weight is 193 g/mol. The molecule has 2 aromatic rings. The number of nitrogens with zero attached hydrogens (tertiary/aromatic N) is 3. The van der Waals surface area contributed by atoms with Crippen LogP contribution in [0.2, 0.25) is 0 Å². The van der Waals surface area contributed by atoms with Gasteiger partial charge in [0.25, 0.3) is 0 Å². The van der Waals surface area contributed by atoms with Gasteiger partial charge in [-0.2, -0.15) is 5.10 Å². The molecule has 0 amide bonds. The molecule has 0 aliphatic heterocycles. The number of aryl methyl sites for hydroxylation is 1. The molecule has 0 radical (unpaired) electrons. The summed E-state index contributed by atoms with van der Waals surface area (Å²) >= 11 is 0. The SMILES string of the molecule is CC.COc1cn2ncc(C)c2cn1. The summed E-state index contributed by atoms with van der Waals surface area (Å²) in [7, 11) is 1.59. The zero-order chi connectivity index (χ0) is 10.6. The summed E-state index contributed by atoms with van der Waals surface area (Å²) < 4.78 is 6.71. The predicted octanol–water partition coefficient (Wildman–Crippen LogP) is 2.07. The highest BCUT2D eigenvalue weighted by atomic mass is 16.5. The highest BCUT2D eigenvalue weighted by Gasteiger charge is 2.00. The highest BCUT2D eigenvalue weighted by Crippen LogP contribution is 2.11. The number of hydrogen-bond acceptors (Lipinski definition) is 3. The van der Waals surface area contributed by atoms with Gasteiger partial charge in [-0.15, -0.1) is 0 Å². The minimum atomic E-state index is 0.575. The minimum absolute atomic E-state index is 0.575. The second-order valence-corrected chi connectivity index (χ2v) is 2.59. The van der Waals surface area contributed by atoms with Gasteiger partial charge in [0.05, 0.1) is 31.2 Å². The van der Waals surface area contributed by atoms with Crippen molar-refractivity contribution in [2.24, 2.45) is 0 Å². The molecule has 2 heterocycles. The van der Waals surface area contributed by atoms with Crippen LogP contribution < -0.4 is 4.74 Å². The Balaban J connectivity index is 0.000000461. The monoisotopic (exact) mass is 193 g/mol. The maximum Gasteiger partial charge on any atom is 0.232 e. The summed E-state index contributed by atoms with van der Waals surface area (Å²) in [4.78, 5) is 4.08. The number of hydrogen-bond donors (Lipinski definition) is 0. The maximum absolute atomic E-state index is 4.96. The third kappa shape index (κ3) is 1.84. The predicted molar refractivity (Wildman–Crippen MR) is 55.6 cm³/mol. The van der Waals surface area contributed by atoms with E-state index in [1.165, 1.54) is 0 Å². The molecule has 0 bridgehead atoms. The molecular weight excluding hydrogens is 178 g/mol. The van der Waals surface area contributed by atoms with Crippen LogP contribution in [-0.4, -0.2) is 21.7 Å². The van der Waals surface area contributed by atoms with Crippen molar-refractivity contribution in [1.82, 2.24) is 14.6 Å². The van der Waals surface area contributed by atoms with Crippen LogP contribution in [0.15, 0.2) is 18.6 Å². The number of ether oxygens (including phenoxy) is 1. The van der Waals surface area contributed by atoms with Crippen molar-refractivity contribution in [3.8, 4) is 5.88 Å². The molecule has 2 rings (SSSR count). The molecule has 0 aliphatic rings. The van der Waals surface area contributed by atoms with E-state index in [1.807, 2.05) is 20.8 Å². The smallest absolute Gasteiger partial charge is 0.232 e. The zero-order valence-corrected chi connectivity index (χ0v) is 8.98. The van der Waals surface area contributed by atoms with E-state index in [-0.39, 0.29) is 0 Å². The summed E-state index contributed by atoms with van der Waals surface area (Å²) in [5.74, 6) is 0.575. The Hall–Kier alpha value is -1.58. The maximum atomic E-state index is 4.96. The first-order valence-corrected chi connectivity index (χ1v) is 4.65. The topological polar surface area (TPSA) is 39.4 Å². The lowest BCUT2D eigenvalue weighted by Crippen LogP contribution is -1.92. The standard InChI is InChI=1S/C8H9N3O.C2H6/c1-6-3-10-11-5-8(12-2)9-4-7(6)11;1-2/h3-5H,1-2H3;1-2H3. The van der Waals surface area contributed by atoms with Gasteiger partial charge in [-0.05, 0) is 12.5 Å². The normalized spacial score (nSPS) is 9.43. The van der Waals surface area contributed by atoms with Crippen molar-refractivity contribution < 1.29 is 4.74 Å². The van der Waals surface area contributed by atoms with Crippen molar-refractivity contribution in [2.75, 3.05) is 7.11 Å². The molecule has 0 saturated heterocycles. The molecular formula is C10H15N3O. The van der Waals surface area contributed by atoms with E-state index in [0.29, 0.717) is 5.88 Å².